The molecule has 0 saturated carbocycles. The van der Waals surface area contributed by atoms with Crippen LogP contribution < -0.4 is 5.32 Å². The maximum atomic E-state index is 5.91. The molecule has 5 heteroatoms. The molecule has 84 valence electrons. The van der Waals surface area contributed by atoms with Crippen LogP contribution in [-0.2, 0) is 0 Å². The molecule has 0 radical (unpaired) electrons. The number of rotatable bonds is 3. The number of anilines is 1. The van der Waals surface area contributed by atoms with Gasteiger partial charge in [-0.3, -0.25) is 0 Å². The van der Waals surface area contributed by atoms with Crippen LogP contribution in [0.1, 0.15) is 12.6 Å². The van der Waals surface area contributed by atoms with Crippen LogP contribution in [0.25, 0.3) is 10.6 Å². The molecule has 2 aromatic rings. The highest BCUT2D eigenvalue weighted by Crippen LogP contribution is 2.30. The zero-order valence-electron chi connectivity index (χ0n) is 9.12. The Morgan fingerprint density at radius 3 is 2.81 bits per heavy atom. The van der Waals surface area contributed by atoms with Crippen LogP contribution in [0.4, 0.5) is 5.95 Å². The minimum Gasteiger partial charge on any atom is -0.354 e. The molecule has 0 atom stereocenters. The molecule has 16 heavy (non-hydrogen) atoms. The summed E-state index contributed by atoms with van der Waals surface area (Å²) in [7, 11) is 0. The predicted molar refractivity (Wildman–Crippen MR) is 69.3 cm³/mol. The number of aromatic nitrogens is 2. The van der Waals surface area contributed by atoms with Crippen molar-refractivity contribution in [3.8, 4) is 10.6 Å². The second kappa shape index (κ2) is 4.80. The lowest BCUT2D eigenvalue weighted by molar-refractivity contribution is 1.06. The Labute approximate surface area is 104 Å². The van der Waals surface area contributed by atoms with E-state index in [9.17, 15) is 0 Å². The van der Waals surface area contributed by atoms with Crippen LogP contribution in [0.5, 0.6) is 0 Å². The first-order valence-electron chi connectivity index (χ1n) is 5.04. The van der Waals surface area contributed by atoms with Crippen LogP contribution >= 0.6 is 22.9 Å². The molecule has 0 fully saturated rings. The smallest absolute Gasteiger partial charge is 0.223 e. The molecule has 2 rings (SSSR count). The summed E-state index contributed by atoms with van der Waals surface area (Å²) in [6.45, 7) is 4.79. The zero-order valence-corrected chi connectivity index (χ0v) is 10.7. The molecule has 0 aliphatic rings. The first kappa shape index (κ1) is 11.4. The second-order valence-electron chi connectivity index (χ2n) is 3.35. The molecule has 0 aliphatic heterocycles. The lowest BCUT2D eigenvalue weighted by Crippen LogP contribution is -2.03. The van der Waals surface area contributed by atoms with Crippen molar-refractivity contribution in [3.63, 3.8) is 0 Å². The fourth-order valence-corrected chi connectivity index (χ4v) is 2.39. The molecule has 2 aromatic heterocycles. The number of hydrogen-bond acceptors (Lipinski definition) is 4. The van der Waals surface area contributed by atoms with Gasteiger partial charge in [0.15, 0.2) is 0 Å². The molecule has 0 aliphatic carbocycles. The van der Waals surface area contributed by atoms with Crippen molar-refractivity contribution in [1.29, 1.82) is 0 Å². The molecule has 3 nitrogen and oxygen atoms in total. The third-order valence-corrected chi connectivity index (χ3v) is 3.27. The van der Waals surface area contributed by atoms with Crippen LogP contribution in [0.2, 0.25) is 4.34 Å². The van der Waals surface area contributed by atoms with Crippen molar-refractivity contribution in [3.05, 3.63) is 28.2 Å². The van der Waals surface area contributed by atoms with Crippen LogP contribution in [0.15, 0.2) is 18.2 Å². The molecule has 0 spiro atoms. The third kappa shape index (κ3) is 2.51. The van der Waals surface area contributed by atoms with Gasteiger partial charge in [0.25, 0.3) is 0 Å². The van der Waals surface area contributed by atoms with E-state index in [2.05, 4.69) is 15.3 Å². The summed E-state index contributed by atoms with van der Waals surface area (Å²) >= 11 is 7.43. The number of thiophene rings is 1. The molecule has 0 unspecified atom stereocenters. The maximum absolute atomic E-state index is 5.91. The summed E-state index contributed by atoms with van der Waals surface area (Å²) in [6.07, 6.45) is 0. The van der Waals surface area contributed by atoms with E-state index in [1.807, 2.05) is 32.0 Å². The number of nitrogens with one attached hydrogen (secondary N) is 1. The van der Waals surface area contributed by atoms with Crippen LogP contribution in [0.3, 0.4) is 0 Å². The minimum atomic E-state index is 0.669. The molecule has 0 aromatic carbocycles. The van der Waals surface area contributed by atoms with Gasteiger partial charge in [0.05, 0.1) is 14.9 Å². The highest BCUT2D eigenvalue weighted by molar-refractivity contribution is 7.19. The van der Waals surface area contributed by atoms with Gasteiger partial charge < -0.3 is 5.32 Å². The van der Waals surface area contributed by atoms with Crippen LogP contribution in [-0.4, -0.2) is 16.5 Å². The Morgan fingerprint density at radius 1 is 1.38 bits per heavy atom. The van der Waals surface area contributed by atoms with Gasteiger partial charge in [0, 0.05) is 12.2 Å². The van der Waals surface area contributed by atoms with E-state index >= 15 is 0 Å². The summed E-state index contributed by atoms with van der Waals surface area (Å²) in [5.41, 5.74) is 1.87. The van der Waals surface area contributed by atoms with E-state index in [-0.39, 0.29) is 0 Å². The zero-order chi connectivity index (χ0) is 11.5. The quantitative estimate of drug-likeness (QED) is 0.908. The first-order chi connectivity index (χ1) is 7.69. The highest BCUT2D eigenvalue weighted by atomic mass is 35.5. The fraction of sp³-hybridized carbons (Fsp3) is 0.273. The van der Waals surface area contributed by atoms with Gasteiger partial charge >= 0.3 is 0 Å². The fourth-order valence-electron chi connectivity index (χ4n) is 1.38. The standard InChI is InChI=1S/C11H12ClN3S/c1-3-13-11-14-7(2)6-8(15-11)9-4-5-10(12)16-9/h4-6H,3H2,1-2H3,(H,13,14,15). The monoisotopic (exact) mass is 253 g/mol. The molecular weight excluding hydrogens is 242 g/mol. The largest absolute Gasteiger partial charge is 0.354 e. The van der Waals surface area contributed by atoms with Crippen molar-refractivity contribution in [2.45, 2.75) is 13.8 Å². The van der Waals surface area contributed by atoms with E-state index in [0.717, 1.165) is 27.1 Å². The number of nitrogens with zero attached hydrogens (tertiary/aromatic N) is 2. The summed E-state index contributed by atoms with van der Waals surface area (Å²) in [4.78, 5) is 9.81. The van der Waals surface area contributed by atoms with Crippen molar-refractivity contribution in [2.24, 2.45) is 0 Å². The number of aryl methyl sites for hydroxylation is 1. The van der Waals surface area contributed by atoms with Gasteiger partial charge in [-0.05, 0) is 32.0 Å². The van der Waals surface area contributed by atoms with Gasteiger partial charge in [-0.15, -0.1) is 11.3 Å². The molecule has 0 bridgehead atoms. The highest BCUT2D eigenvalue weighted by Gasteiger charge is 2.06. The van der Waals surface area contributed by atoms with Crippen LogP contribution in [0, 0.1) is 6.92 Å². The Balaban J connectivity index is 2.40. The lowest BCUT2D eigenvalue weighted by Gasteiger charge is -2.04. The van der Waals surface area contributed by atoms with Gasteiger partial charge in [-0.1, -0.05) is 11.6 Å². The van der Waals surface area contributed by atoms with Crippen molar-refractivity contribution in [2.75, 3.05) is 11.9 Å². The Kier molecular flexibility index (Phi) is 3.41. The van der Waals surface area contributed by atoms with Gasteiger partial charge in [-0.25, -0.2) is 9.97 Å². The van der Waals surface area contributed by atoms with Gasteiger partial charge in [-0.2, -0.15) is 0 Å². The van der Waals surface area contributed by atoms with E-state index in [0.29, 0.717) is 5.95 Å². The molecule has 0 amide bonds. The predicted octanol–water partition coefficient (Wildman–Crippen LogP) is 3.60. The molecule has 1 N–H and O–H groups in total. The number of halogens is 1. The average Bonchev–Trinajstić information content (AvgIpc) is 2.64. The number of hydrogen-bond donors (Lipinski definition) is 1. The lowest BCUT2D eigenvalue weighted by atomic mass is 10.3. The third-order valence-electron chi connectivity index (χ3n) is 2.01. The van der Waals surface area contributed by atoms with Gasteiger partial charge in [0.2, 0.25) is 5.95 Å². The van der Waals surface area contributed by atoms with Gasteiger partial charge in [0.1, 0.15) is 0 Å². The van der Waals surface area contributed by atoms with E-state index in [1.165, 1.54) is 11.3 Å². The maximum Gasteiger partial charge on any atom is 0.223 e. The Bertz CT molecular complexity index is 496. The Morgan fingerprint density at radius 2 is 2.19 bits per heavy atom. The van der Waals surface area contributed by atoms with Crippen molar-refractivity contribution >= 4 is 28.9 Å². The average molecular weight is 254 g/mol. The molecular formula is C11H12ClN3S. The summed E-state index contributed by atoms with van der Waals surface area (Å²) < 4.78 is 0.774. The van der Waals surface area contributed by atoms with Crippen molar-refractivity contribution < 1.29 is 0 Å². The minimum absolute atomic E-state index is 0.669. The van der Waals surface area contributed by atoms with E-state index in [1.54, 1.807) is 0 Å². The summed E-state index contributed by atoms with van der Waals surface area (Å²) in [6, 6.07) is 5.82. The topological polar surface area (TPSA) is 37.8 Å². The second-order valence-corrected chi connectivity index (χ2v) is 5.07. The molecule has 0 saturated heterocycles. The SMILES string of the molecule is CCNc1nc(C)cc(-c2ccc(Cl)s2)n1. The summed E-state index contributed by atoms with van der Waals surface area (Å²) in [5, 5.41) is 3.11. The molecule has 2 heterocycles. The van der Waals surface area contributed by atoms with Crippen molar-refractivity contribution in [1.82, 2.24) is 9.97 Å². The van der Waals surface area contributed by atoms with E-state index < -0.39 is 0 Å². The Hall–Kier alpha value is -1.13. The summed E-state index contributed by atoms with van der Waals surface area (Å²) in [5.74, 6) is 0.669. The first-order valence-corrected chi connectivity index (χ1v) is 6.23. The normalized spacial score (nSPS) is 10.4. The van der Waals surface area contributed by atoms with E-state index in [4.69, 9.17) is 11.6 Å².